The van der Waals surface area contributed by atoms with Crippen molar-refractivity contribution in [2.75, 3.05) is 25.0 Å². The second-order valence-electron chi connectivity index (χ2n) is 4.79. The van der Waals surface area contributed by atoms with Gasteiger partial charge in [0.15, 0.2) is 0 Å². The molecule has 6 nitrogen and oxygen atoms in total. The van der Waals surface area contributed by atoms with Gasteiger partial charge >= 0.3 is 0 Å². The molecule has 0 spiro atoms. The fraction of sp³-hybridized carbons (Fsp3) is 0.462. The van der Waals surface area contributed by atoms with Crippen LogP contribution in [0.4, 0.5) is 11.4 Å². The number of carbonyl (C=O) groups excluding carboxylic acids is 1. The number of hydrogen-bond acceptors (Lipinski definition) is 4. The molecule has 0 bridgehead atoms. The van der Waals surface area contributed by atoms with Crippen LogP contribution in [0, 0.1) is 17.0 Å². The van der Waals surface area contributed by atoms with E-state index in [0.29, 0.717) is 17.8 Å². The fourth-order valence-electron chi connectivity index (χ4n) is 2.24. The molecule has 102 valence electrons. The van der Waals surface area contributed by atoms with Crippen molar-refractivity contribution in [3.8, 4) is 0 Å². The SMILES string of the molecule is Cc1cc([N+](=O)[O-])ccc1NC(=O)CN1CCCC1. The number of carbonyl (C=O) groups is 1. The van der Waals surface area contributed by atoms with E-state index in [-0.39, 0.29) is 11.6 Å². The van der Waals surface area contributed by atoms with E-state index in [2.05, 4.69) is 10.2 Å². The zero-order valence-electron chi connectivity index (χ0n) is 10.9. The van der Waals surface area contributed by atoms with Crippen molar-refractivity contribution < 1.29 is 9.72 Å². The smallest absolute Gasteiger partial charge is 0.269 e. The summed E-state index contributed by atoms with van der Waals surface area (Å²) in [5.41, 5.74) is 1.37. The van der Waals surface area contributed by atoms with Crippen LogP contribution in [0.5, 0.6) is 0 Å². The Morgan fingerprint density at radius 2 is 2.11 bits per heavy atom. The number of hydrogen-bond donors (Lipinski definition) is 1. The van der Waals surface area contributed by atoms with Gasteiger partial charge in [-0.1, -0.05) is 0 Å². The zero-order chi connectivity index (χ0) is 13.8. The molecule has 1 fully saturated rings. The summed E-state index contributed by atoms with van der Waals surface area (Å²) in [6, 6.07) is 4.44. The minimum Gasteiger partial charge on any atom is -0.325 e. The predicted molar refractivity (Wildman–Crippen MR) is 72.1 cm³/mol. The van der Waals surface area contributed by atoms with Gasteiger partial charge in [0, 0.05) is 17.8 Å². The van der Waals surface area contributed by atoms with E-state index in [0.717, 1.165) is 25.9 Å². The highest BCUT2D eigenvalue weighted by atomic mass is 16.6. The molecule has 1 aliphatic heterocycles. The summed E-state index contributed by atoms with van der Waals surface area (Å²) >= 11 is 0. The summed E-state index contributed by atoms with van der Waals surface area (Å²) in [6.07, 6.45) is 2.29. The highest BCUT2D eigenvalue weighted by Crippen LogP contribution is 2.21. The topological polar surface area (TPSA) is 75.5 Å². The first-order chi connectivity index (χ1) is 9.06. The summed E-state index contributed by atoms with van der Waals surface area (Å²) in [7, 11) is 0. The Morgan fingerprint density at radius 1 is 1.42 bits per heavy atom. The number of nitro groups is 1. The molecule has 0 saturated carbocycles. The third kappa shape index (κ3) is 3.51. The van der Waals surface area contributed by atoms with Crippen LogP contribution >= 0.6 is 0 Å². The molecule has 1 amide bonds. The van der Waals surface area contributed by atoms with Crippen molar-refractivity contribution in [1.82, 2.24) is 4.90 Å². The Balaban J connectivity index is 1.98. The molecule has 1 aliphatic rings. The lowest BCUT2D eigenvalue weighted by atomic mass is 10.2. The largest absolute Gasteiger partial charge is 0.325 e. The van der Waals surface area contributed by atoms with E-state index in [1.165, 1.54) is 12.1 Å². The highest BCUT2D eigenvalue weighted by molar-refractivity contribution is 5.93. The Kier molecular flexibility index (Phi) is 4.11. The number of non-ortho nitro benzene ring substituents is 1. The van der Waals surface area contributed by atoms with Crippen molar-refractivity contribution in [1.29, 1.82) is 0 Å². The summed E-state index contributed by atoms with van der Waals surface area (Å²) in [4.78, 5) is 24.1. The molecule has 1 aromatic rings. The summed E-state index contributed by atoms with van der Waals surface area (Å²) in [5, 5.41) is 13.4. The Bertz CT molecular complexity index is 496. The lowest BCUT2D eigenvalue weighted by Gasteiger charge is -2.14. The number of nitrogens with zero attached hydrogens (tertiary/aromatic N) is 2. The van der Waals surface area contributed by atoms with Gasteiger partial charge in [-0.25, -0.2) is 0 Å². The second-order valence-corrected chi connectivity index (χ2v) is 4.79. The van der Waals surface area contributed by atoms with E-state index >= 15 is 0 Å². The Morgan fingerprint density at radius 3 is 2.68 bits per heavy atom. The predicted octanol–water partition coefficient (Wildman–Crippen LogP) is 1.94. The van der Waals surface area contributed by atoms with Crippen molar-refractivity contribution in [3.05, 3.63) is 33.9 Å². The molecular formula is C13H17N3O3. The number of nitrogens with one attached hydrogen (secondary N) is 1. The first kappa shape index (κ1) is 13.5. The van der Waals surface area contributed by atoms with Crippen LogP contribution in [0.2, 0.25) is 0 Å². The minimum atomic E-state index is -0.442. The number of benzene rings is 1. The summed E-state index contributed by atoms with van der Waals surface area (Å²) in [5.74, 6) is -0.0705. The molecule has 0 atom stereocenters. The van der Waals surface area contributed by atoms with Gasteiger partial charge in [0.2, 0.25) is 5.91 Å². The number of amides is 1. The normalized spacial score (nSPS) is 15.4. The maximum atomic E-state index is 11.9. The second kappa shape index (κ2) is 5.79. The monoisotopic (exact) mass is 263 g/mol. The highest BCUT2D eigenvalue weighted by Gasteiger charge is 2.16. The van der Waals surface area contributed by atoms with E-state index in [1.54, 1.807) is 13.0 Å². The fourth-order valence-corrected chi connectivity index (χ4v) is 2.24. The van der Waals surface area contributed by atoms with Crippen LogP contribution in [-0.2, 0) is 4.79 Å². The van der Waals surface area contributed by atoms with E-state index < -0.39 is 4.92 Å². The van der Waals surface area contributed by atoms with Crippen molar-refractivity contribution in [2.45, 2.75) is 19.8 Å². The average molecular weight is 263 g/mol. The third-order valence-corrected chi connectivity index (χ3v) is 3.26. The van der Waals surface area contributed by atoms with Gasteiger partial charge in [0.05, 0.1) is 11.5 Å². The van der Waals surface area contributed by atoms with Crippen molar-refractivity contribution in [2.24, 2.45) is 0 Å². The number of rotatable bonds is 4. The molecule has 0 aliphatic carbocycles. The number of nitro benzene ring substituents is 1. The number of aryl methyl sites for hydroxylation is 1. The van der Waals surface area contributed by atoms with Crippen LogP contribution in [0.15, 0.2) is 18.2 Å². The molecule has 1 aromatic carbocycles. The lowest BCUT2D eigenvalue weighted by Crippen LogP contribution is -2.31. The van der Waals surface area contributed by atoms with Gasteiger partial charge in [0.25, 0.3) is 5.69 Å². The number of likely N-dealkylation sites (tertiary alicyclic amines) is 1. The maximum Gasteiger partial charge on any atom is 0.269 e. The van der Waals surface area contributed by atoms with Crippen molar-refractivity contribution in [3.63, 3.8) is 0 Å². The van der Waals surface area contributed by atoms with Gasteiger partial charge in [0.1, 0.15) is 0 Å². The molecule has 1 heterocycles. The average Bonchev–Trinajstić information content (AvgIpc) is 2.84. The quantitative estimate of drug-likeness (QED) is 0.665. The standard InChI is InChI=1S/C13H17N3O3/c1-10-8-11(16(18)19)4-5-12(10)14-13(17)9-15-6-2-3-7-15/h4-5,8H,2-3,6-7,9H2,1H3,(H,14,17). The molecule has 0 radical (unpaired) electrons. The van der Waals surface area contributed by atoms with Gasteiger partial charge in [-0.15, -0.1) is 0 Å². The van der Waals surface area contributed by atoms with Crippen LogP contribution in [0.3, 0.4) is 0 Å². The molecule has 0 aromatic heterocycles. The van der Waals surface area contributed by atoms with Gasteiger partial charge in [-0.2, -0.15) is 0 Å². The first-order valence-corrected chi connectivity index (χ1v) is 6.33. The molecule has 1 saturated heterocycles. The molecule has 0 unspecified atom stereocenters. The van der Waals surface area contributed by atoms with E-state index in [1.807, 2.05) is 0 Å². The van der Waals surface area contributed by atoms with E-state index in [9.17, 15) is 14.9 Å². The van der Waals surface area contributed by atoms with Crippen LogP contribution in [0.25, 0.3) is 0 Å². The Hall–Kier alpha value is -1.95. The van der Waals surface area contributed by atoms with Crippen molar-refractivity contribution >= 4 is 17.3 Å². The molecule has 6 heteroatoms. The molecule has 19 heavy (non-hydrogen) atoms. The first-order valence-electron chi connectivity index (χ1n) is 6.33. The van der Waals surface area contributed by atoms with Crippen LogP contribution < -0.4 is 5.32 Å². The maximum absolute atomic E-state index is 11.9. The van der Waals surface area contributed by atoms with Gasteiger partial charge in [-0.05, 0) is 44.5 Å². The summed E-state index contributed by atoms with van der Waals surface area (Å²) in [6.45, 7) is 4.06. The van der Waals surface area contributed by atoms with Crippen LogP contribution in [-0.4, -0.2) is 35.4 Å². The number of anilines is 1. The molecular weight excluding hydrogens is 246 g/mol. The third-order valence-electron chi connectivity index (χ3n) is 3.26. The zero-order valence-corrected chi connectivity index (χ0v) is 10.9. The minimum absolute atomic E-state index is 0.0371. The molecule has 2 rings (SSSR count). The lowest BCUT2D eigenvalue weighted by molar-refractivity contribution is -0.384. The van der Waals surface area contributed by atoms with Gasteiger partial charge < -0.3 is 5.32 Å². The Labute approximate surface area is 111 Å². The van der Waals surface area contributed by atoms with Crippen LogP contribution in [0.1, 0.15) is 18.4 Å². The van der Waals surface area contributed by atoms with E-state index in [4.69, 9.17) is 0 Å². The summed E-state index contributed by atoms with van der Waals surface area (Å²) < 4.78 is 0. The van der Waals surface area contributed by atoms with Gasteiger partial charge in [-0.3, -0.25) is 19.8 Å². The molecule has 1 N–H and O–H groups in total.